The van der Waals surface area contributed by atoms with Crippen LogP contribution in [0.3, 0.4) is 0 Å². The predicted molar refractivity (Wildman–Crippen MR) is 79.2 cm³/mol. The number of nitrogens with zero attached hydrogens (tertiary/aromatic N) is 5. The van der Waals surface area contributed by atoms with E-state index in [1.165, 1.54) is 25.7 Å². The predicted octanol–water partition coefficient (Wildman–Crippen LogP) is 1.85. The molecule has 2 aromatic rings. The summed E-state index contributed by atoms with van der Waals surface area (Å²) in [5.41, 5.74) is 0.476. The average Bonchev–Trinajstić information content (AvgIpc) is 3.02. The average molecular weight is 300 g/mol. The lowest BCUT2D eigenvalue weighted by atomic mass is 10.3. The molecule has 2 heterocycles. The topological polar surface area (TPSA) is 77.6 Å². The van der Waals surface area contributed by atoms with E-state index in [-0.39, 0.29) is 5.91 Å². The van der Waals surface area contributed by atoms with E-state index < -0.39 is 0 Å². The minimum absolute atomic E-state index is 0.151. The third-order valence-electron chi connectivity index (χ3n) is 4.53. The highest BCUT2D eigenvalue weighted by atomic mass is 16.1. The molecule has 0 bridgehead atoms. The molecule has 0 spiro atoms. The number of amides is 1. The molecule has 2 saturated carbocycles. The van der Waals surface area contributed by atoms with E-state index in [0.717, 1.165) is 18.7 Å². The van der Waals surface area contributed by atoms with Gasteiger partial charge in [0.15, 0.2) is 5.82 Å². The number of hydrogen-bond donors (Lipinski definition) is 1. The maximum Gasteiger partial charge on any atom is 0.272 e. The normalized spacial score (nSPS) is 18.7. The number of aromatic nitrogens is 5. The minimum atomic E-state index is -0.151. The molecule has 1 N–H and O–H groups in total. The van der Waals surface area contributed by atoms with Gasteiger partial charge in [-0.15, -0.1) is 10.2 Å². The summed E-state index contributed by atoms with van der Waals surface area (Å²) in [6.45, 7) is 0.394. The van der Waals surface area contributed by atoms with Crippen molar-refractivity contribution in [2.45, 2.75) is 57.2 Å². The van der Waals surface area contributed by atoms with Crippen LogP contribution in [-0.4, -0.2) is 30.5 Å². The van der Waals surface area contributed by atoms with Gasteiger partial charge in [-0.3, -0.25) is 9.48 Å². The van der Waals surface area contributed by atoms with E-state index >= 15 is 0 Å². The second kappa shape index (κ2) is 5.55. The number of carbonyl (C=O) groups excluding carboxylic acids is 1. The molecule has 7 nitrogen and oxygen atoms in total. The number of rotatable bonds is 5. The Bertz CT molecular complexity index is 665. The Morgan fingerprint density at radius 1 is 1.23 bits per heavy atom. The zero-order valence-electron chi connectivity index (χ0n) is 12.5. The van der Waals surface area contributed by atoms with Crippen molar-refractivity contribution < 1.29 is 4.79 Å². The summed E-state index contributed by atoms with van der Waals surface area (Å²) in [6, 6.07) is 2.77. The molecule has 22 heavy (non-hydrogen) atoms. The second-order valence-corrected chi connectivity index (χ2v) is 6.19. The molecule has 0 saturated heterocycles. The summed E-state index contributed by atoms with van der Waals surface area (Å²) in [5, 5.41) is 15.3. The van der Waals surface area contributed by atoms with Crippen LogP contribution in [-0.2, 0) is 6.54 Å². The molecular formula is C15H20N6O. The quantitative estimate of drug-likeness (QED) is 0.914. The summed E-state index contributed by atoms with van der Waals surface area (Å²) < 4.78 is 3.99. The summed E-state index contributed by atoms with van der Waals surface area (Å²) in [5.74, 6) is 0.660. The van der Waals surface area contributed by atoms with Gasteiger partial charge in [0.05, 0.1) is 12.6 Å². The van der Waals surface area contributed by atoms with Gasteiger partial charge in [0.1, 0.15) is 12.0 Å². The van der Waals surface area contributed by atoms with E-state index in [1.54, 1.807) is 12.4 Å². The number of carbonyl (C=O) groups is 1. The molecule has 7 heteroatoms. The van der Waals surface area contributed by atoms with E-state index in [2.05, 4.69) is 25.2 Å². The first-order valence-corrected chi connectivity index (χ1v) is 8.03. The van der Waals surface area contributed by atoms with Gasteiger partial charge in [0.2, 0.25) is 0 Å². The Kier molecular flexibility index (Phi) is 3.40. The molecule has 0 aliphatic heterocycles. The Hall–Kier alpha value is -2.18. The lowest BCUT2D eigenvalue weighted by molar-refractivity contribution is 0.0943. The molecule has 0 aromatic carbocycles. The van der Waals surface area contributed by atoms with E-state index in [0.29, 0.717) is 24.3 Å². The highest BCUT2D eigenvalue weighted by Crippen LogP contribution is 2.35. The Morgan fingerprint density at radius 3 is 2.82 bits per heavy atom. The highest BCUT2D eigenvalue weighted by Gasteiger charge is 2.26. The Balaban J connectivity index is 1.38. The van der Waals surface area contributed by atoms with E-state index in [4.69, 9.17) is 0 Å². The molecule has 0 radical (unpaired) electrons. The molecule has 0 atom stereocenters. The van der Waals surface area contributed by atoms with Crippen LogP contribution < -0.4 is 5.32 Å². The SMILES string of the molecule is O=C(NCc1nncn1C1CC1)c1ccn(C2CCCC2)n1. The van der Waals surface area contributed by atoms with Crippen molar-refractivity contribution in [1.82, 2.24) is 29.9 Å². The monoisotopic (exact) mass is 300 g/mol. The van der Waals surface area contributed by atoms with Crippen molar-refractivity contribution in [2.24, 2.45) is 0 Å². The third-order valence-corrected chi connectivity index (χ3v) is 4.53. The summed E-state index contributed by atoms with van der Waals surface area (Å²) in [7, 11) is 0. The first-order chi connectivity index (χ1) is 10.8. The number of hydrogen-bond acceptors (Lipinski definition) is 4. The van der Waals surface area contributed by atoms with Crippen molar-refractivity contribution in [3.8, 4) is 0 Å². The van der Waals surface area contributed by atoms with Gasteiger partial charge in [-0.25, -0.2) is 0 Å². The highest BCUT2D eigenvalue weighted by molar-refractivity contribution is 5.92. The molecule has 4 rings (SSSR count). The minimum Gasteiger partial charge on any atom is -0.343 e. The maximum absolute atomic E-state index is 12.2. The molecule has 2 fully saturated rings. The zero-order valence-corrected chi connectivity index (χ0v) is 12.5. The summed E-state index contributed by atoms with van der Waals surface area (Å²) >= 11 is 0. The van der Waals surface area contributed by atoms with Gasteiger partial charge in [-0.1, -0.05) is 12.8 Å². The lowest BCUT2D eigenvalue weighted by Gasteiger charge is -2.09. The first kappa shape index (κ1) is 13.5. The Morgan fingerprint density at radius 2 is 2.05 bits per heavy atom. The fourth-order valence-corrected chi connectivity index (χ4v) is 3.13. The molecule has 1 amide bonds. The molecular weight excluding hydrogens is 280 g/mol. The van der Waals surface area contributed by atoms with Crippen molar-refractivity contribution >= 4 is 5.91 Å². The fraction of sp³-hybridized carbons (Fsp3) is 0.600. The maximum atomic E-state index is 12.2. The standard InChI is InChI=1S/C15H20N6O/c22-15(13-7-8-21(19-13)12-3-1-2-4-12)16-9-14-18-17-10-20(14)11-5-6-11/h7-8,10-12H,1-6,9H2,(H,16,22). The largest absolute Gasteiger partial charge is 0.343 e. The van der Waals surface area contributed by atoms with E-state index in [1.807, 2.05) is 10.9 Å². The zero-order chi connectivity index (χ0) is 14.9. The Labute approximate surface area is 128 Å². The molecule has 116 valence electrons. The van der Waals surface area contributed by atoms with Gasteiger partial charge in [-0.2, -0.15) is 5.10 Å². The van der Waals surface area contributed by atoms with Gasteiger partial charge in [0.25, 0.3) is 5.91 Å². The van der Waals surface area contributed by atoms with Crippen LogP contribution in [0.15, 0.2) is 18.6 Å². The fourth-order valence-electron chi connectivity index (χ4n) is 3.13. The molecule has 2 aliphatic carbocycles. The van der Waals surface area contributed by atoms with Crippen molar-refractivity contribution in [2.75, 3.05) is 0 Å². The van der Waals surface area contributed by atoms with Crippen molar-refractivity contribution in [3.63, 3.8) is 0 Å². The van der Waals surface area contributed by atoms with Crippen LogP contribution in [0.4, 0.5) is 0 Å². The van der Waals surface area contributed by atoms with Gasteiger partial charge in [0, 0.05) is 12.2 Å². The molecule has 2 aromatic heterocycles. The molecule has 2 aliphatic rings. The van der Waals surface area contributed by atoms with Gasteiger partial charge >= 0.3 is 0 Å². The van der Waals surface area contributed by atoms with Gasteiger partial charge < -0.3 is 9.88 Å². The smallest absolute Gasteiger partial charge is 0.272 e. The van der Waals surface area contributed by atoms with Crippen LogP contribution in [0.2, 0.25) is 0 Å². The molecule has 0 unspecified atom stereocenters. The van der Waals surface area contributed by atoms with Crippen molar-refractivity contribution in [3.05, 3.63) is 30.1 Å². The van der Waals surface area contributed by atoms with Crippen LogP contribution in [0.5, 0.6) is 0 Å². The van der Waals surface area contributed by atoms with Crippen molar-refractivity contribution in [1.29, 1.82) is 0 Å². The third kappa shape index (κ3) is 2.63. The van der Waals surface area contributed by atoms with Crippen LogP contribution in [0.25, 0.3) is 0 Å². The number of nitrogens with one attached hydrogen (secondary N) is 1. The summed E-state index contributed by atoms with van der Waals surface area (Å²) in [4.78, 5) is 12.2. The van der Waals surface area contributed by atoms with Crippen LogP contribution in [0.1, 0.15) is 66.9 Å². The van der Waals surface area contributed by atoms with Crippen LogP contribution >= 0.6 is 0 Å². The van der Waals surface area contributed by atoms with Crippen LogP contribution in [0, 0.1) is 0 Å². The summed E-state index contributed by atoms with van der Waals surface area (Å²) in [6.07, 6.45) is 10.8. The first-order valence-electron chi connectivity index (χ1n) is 8.03. The van der Waals surface area contributed by atoms with E-state index in [9.17, 15) is 4.79 Å². The lowest BCUT2D eigenvalue weighted by Crippen LogP contribution is -2.25. The second-order valence-electron chi connectivity index (χ2n) is 6.19. The van der Waals surface area contributed by atoms with Gasteiger partial charge in [-0.05, 0) is 31.7 Å².